The first-order valence-electron chi connectivity index (χ1n) is 9.30. The van der Waals surface area contributed by atoms with Gasteiger partial charge in [-0.25, -0.2) is 0 Å². The summed E-state index contributed by atoms with van der Waals surface area (Å²) in [6.45, 7) is 7.37. The molecule has 4 rings (SSSR count). The first-order valence-corrected chi connectivity index (χ1v) is 9.30. The smallest absolute Gasteiger partial charge is 0.0404 e. The van der Waals surface area contributed by atoms with E-state index in [9.17, 15) is 0 Å². The molecule has 0 aromatic heterocycles. The summed E-state index contributed by atoms with van der Waals surface area (Å²) >= 11 is 0. The van der Waals surface area contributed by atoms with Gasteiger partial charge in [-0.15, -0.1) is 0 Å². The molecule has 0 saturated carbocycles. The van der Waals surface area contributed by atoms with Gasteiger partial charge in [-0.1, -0.05) is 78.4 Å². The minimum Gasteiger partial charge on any atom is -0.381 e. The Bertz CT molecular complexity index is 958. The summed E-state index contributed by atoms with van der Waals surface area (Å²) < 4.78 is 0. The molecule has 0 bridgehead atoms. The number of benzene rings is 3. The van der Waals surface area contributed by atoms with Crippen molar-refractivity contribution in [2.75, 3.05) is 5.32 Å². The minimum atomic E-state index is 0.351. The second kappa shape index (κ2) is 6.84. The monoisotopic (exact) mass is 339 g/mol. The third-order valence-electron chi connectivity index (χ3n) is 5.32. The van der Waals surface area contributed by atoms with Gasteiger partial charge in [0.05, 0.1) is 0 Å². The highest BCUT2D eigenvalue weighted by Crippen LogP contribution is 2.37. The number of aryl methyl sites for hydroxylation is 3. The summed E-state index contributed by atoms with van der Waals surface area (Å²) in [7, 11) is 0. The molecule has 0 heterocycles. The molecular weight excluding hydrogens is 314 g/mol. The Labute approximate surface area is 156 Å². The maximum atomic E-state index is 3.69. The molecule has 0 fully saturated rings. The van der Waals surface area contributed by atoms with E-state index in [1.807, 2.05) is 0 Å². The van der Waals surface area contributed by atoms with Crippen molar-refractivity contribution >= 4 is 11.8 Å². The van der Waals surface area contributed by atoms with E-state index in [2.05, 4.69) is 98.9 Å². The fourth-order valence-electron chi connectivity index (χ4n) is 4.16. The third-order valence-corrected chi connectivity index (χ3v) is 5.32. The quantitative estimate of drug-likeness (QED) is 0.581. The summed E-state index contributed by atoms with van der Waals surface area (Å²) in [4.78, 5) is 0. The Morgan fingerprint density at radius 3 is 2.23 bits per heavy atom. The van der Waals surface area contributed by atoms with Crippen molar-refractivity contribution in [2.24, 2.45) is 0 Å². The van der Waals surface area contributed by atoms with Crippen LogP contribution >= 0.6 is 0 Å². The van der Waals surface area contributed by atoms with Crippen molar-refractivity contribution in [3.05, 3.63) is 106 Å². The largest absolute Gasteiger partial charge is 0.381 e. The Balaban J connectivity index is 1.63. The fraction of sp³-hybridized carbons (Fsp3) is 0.200. The summed E-state index contributed by atoms with van der Waals surface area (Å²) in [6.07, 6.45) is 4.57. The van der Waals surface area contributed by atoms with E-state index in [4.69, 9.17) is 0 Å². The van der Waals surface area contributed by atoms with Gasteiger partial charge in [-0.2, -0.15) is 0 Å². The molecule has 1 aliphatic carbocycles. The molecule has 1 nitrogen and oxygen atoms in total. The van der Waals surface area contributed by atoms with E-state index in [0.29, 0.717) is 5.92 Å². The molecule has 1 unspecified atom stereocenters. The molecule has 0 aliphatic heterocycles. The molecule has 26 heavy (non-hydrogen) atoms. The summed E-state index contributed by atoms with van der Waals surface area (Å²) in [5.41, 5.74) is 10.7. The van der Waals surface area contributed by atoms with Gasteiger partial charge in [-0.3, -0.25) is 0 Å². The molecule has 1 atom stereocenters. The van der Waals surface area contributed by atoms with Gasteiger partial charge in [-0.05, 0) is 54.2 Å². The number of anilines is 1. The van der Waals surface area contributed by atoms with Gasteiger partial charge in [0.2, 0.25) is 0 Å². The Hall–Kier alpha value is -2.80. The van der Waals surface area contributed by atoms with Crippen LogP contribution in [0.15, 0.2) is 66.7 Å². The van der Waals surface area contributed by atoms with Crippen molar-refractivity contribution in [2.45, 2.75) is 33.2 Å². The zero-order chi connectivity index (χ0) is 18.1. The van der Waals surface area contributed by atoms with Gasteiger partial charge in [0.15, 0.2) is 0 Å². The average Bonchev–Trinajstić information content (AvgIpc) is 3.05. The minimum absolute atomic E-state index is 0.351. The molecule has 0 radical (unpaired) electrons. The standard InChI is InChI=1S/C25H25N/c1-17-14-18(2)25(19(3)15-17)26-16-21-9-5-7-11-23(21)24-13-12-20-8-4-6-10-22(20)24/h4-15,24,26H,16H2,1-3H3. The van der Waals surface area contributed by atoms with Gasteiger partial charge in [0.25, 0.3) is 0 Å². The van der Waals surface area contributed by atoms with Gasteiger partial charge < -0.3 is 5.32 Å². The lowest BCUT2D eigenvalue weighted by Gasteiger charge is -2.19. The molecule has 0 spiro atoms. The van der Waals surface area contributed by atoms with Crippen LogP contribution in [0.1, 0.15) is 44.9 Å². The number of hydrogen-bond donors (Lipinski definition) is 1. The lowest BCUT2D eigenvalue weighted by molar-refractivity contribution is 0.990. The lowest BCUT2D eigenvalue weighted by atomic mass is 9.89. The van der Waals surface area contributed by atoms with Gasteiger partial charge >= 0.3 is 0 Å². The number of rotatable bonds is 4. The molecule has 1 aliphatic rings. The molecule has 0 amide bonds. The van der Waals surface area contributed by atoms with Crippen LogP contribution in [0.3, 0.4) is 0 Å². The predicted molar refractivity (Wildman–Crippen MR) is 112 cm³/mol. The number of hydrogen-bond acceptors (Lipinski definition) is 1. The molecule has 0 saturated heterocycles. The van der Waals surface area contributed by atoms with E-state index in [0.717, 1.165) is 6.54 Å². The zero-order valence-electron chi connectivity index (χ0n) is 15.7. The normalized spacial score (nSPS) is 15.1. The summed E-state index contributed by atoms with van der Waals surface area (Å²) in [5, 5.41) is 3.69. The SMILES string of the molecule is Cc1cc(C)c(NCc2ccccc2C2C=Cc3ccccc32)c(C)c1. The molecule has 1 heteroatoms. The number of nitrogens with one attached hydrogen (secondary N) is 1. The Kier molecular flexibility index (Phi) is 4.38. The van der Waals surface area contributed by atoms with Crippen LogP contribution in [0.4, 0.5) is 5.69 Å². The van der Waals surface area contributed by atoms with E-state index in [1.54, 1.807) is 0 Å². The molecular formula is C25H25N. The van der Waals surface area contributed by atoms with Crippen molar-refractivity contribution in [1.82, 2.24) is 0 Å². The third kappa shape index (κ3) is 3.06. The van der Waals surface area contributed by atoms with Crippen LogP contribution < -0.4 is 5.32 Å². The van der Waals surface area contributed by atoms with Crippen LogP contribution in [0.5, 0.6) is 0 Å². The topological polar surface area (TPSA) is 12.0 Å². The predicted octanol–water partition coefficient (Wildman–Crippen LogP) is 6.38. The van der Waals surface area contributed by atoms with Gasteiger partial charge in [0.1, 0.15) is 0 Å². The van der Waals surface area contributed by atoms with E-state index in [1.165, 1.54) is 44.6 Å². The van der Waals surface area contributed by atoms with Crippen LogP contribution in [0.2, 0.25) is 0 Å². The van der Waals surface area contributed by atoms with Crippen molar-refractivity contribution in [3.8, 4) is 0 Å². The number of fused-ring (bicyclic) bond motifs is 1. The Morgan fingerprint density at radius 2 is 1.46 bits per heavy atom. The Morgan fingerprint density at radius 1 is 0.808 bits per heavy atom. The lowest BCUT2D eigenvalue weighted by Crippen LogP contribution is -2.08. The van der Waals surface area contributed by atoms with E-state index >= 15 is 0 Å². The van der Waals surface area contributed by atoms with Crippen molar-refractivity contribution in [1.29, 1.82) is 0 Å². The highest BCUT2D eigenvalue weighted by molar-refractivity contribution is 5.66. The highest BCUT2D eigenvalue weighted by atomic mass is 14.9. The summed E-state index contributed by atoms with van der Waals surface area (Å²) in [6, 6.07) is 22.0. The van der Waals surface area contributed by atoms with Crippen molar-refractivity contribution in [3.63, 3.8) is 0 Å². The van der Waals surface area contributed by atoms with Crippen molar-refractivity contribution < 1.29 is 0 Å². The molecule has 3 aromatic carbocycles. The maximum Gasteiger partial charge on any atom is 0.0404 e. The van der Waals surface area contributed by atoms with E-state index < -0.39 is 0 Å². The second-order valence-corrected chi connectivity index (χ2v) is 7.29. The first kappa shape index (κ1) is 16.7. The number of allylic oxidation sites excluding steroid dienone is 1. The van der Waals surface area contributed by atoms with Crippen LogP contribution in [0, 0.1) is 20.8 Å². The van der Waals surface area contributed by atoms with E-state index in [-0.39, 0.29) is 0 Å². The highest BCUT2D eigenvalue weighted by Gasteiger charge is 2.20. The first-order chi connectivity index (χ1) is 12.6. The van der Waals surface area contributed by atoms with Crippen LogP contribution in [-0.2, 0) is 6.54 Å². The molecule has 3 aromatic rings. The molecule has 130 valence electrons. The maximum absolute atomic E-state index is 3.69. The van der Waals surface area contributed by atoms with Crippen LogP contribution in [-0.4, -0.2) is 0 Å². The molecule has 1 N–H and O–H groups in total. The zero-order valence-corrected chi connectivity index (χ0v) is 15.7. The fourth-order valence-corrected chi connectivity index (χ4v) is 4.16. The van der Waals surface area contributed by atoms with Gasteiger partial charge in [0, 0.05) is 18.2 Å². The summed E-state index contributed by atoms with van der Waals surface area (Å²) in [5.74, 6) is 0.351. The van der Waals surface area contributed by atoms with Crippen LogP contribution in [0.25, 0.3) is 6.08 Å². The second-order valence-electron chi connectivity index (χ2n) is 7.29. The average molecular weight is 339 g/mol.